The highest BCUT2D eigenvalue weighted by molar-refractivity contribution is 9.10. The maximum Gasteiger partial charge on any atom is 0.233 e. The summed E-state index contributed by atoms with van der Waals surface area (Å²) in [4.78, 5) is 20.7. The molecule has 2 aromatic rings. The molecule has 1 saturated heterocycles. The van der Waals surface area contributed by atoms with Gasteiger partial charge in [0, 0.05) is 43.1 Å². The topological polar surface area (TPSA) is 48.5 Å². The Hall–Kier alpha value is -1.66. The fourth-order valence-corrected chi connectivity index (χ4v) is 3.16. The number of aromatic nitrogens is 1. The van der Waals surface area contributed by atoms with Gasteiger partial charge >= 0.3 is 0 Å². The lowest BCUT2D eigenvalue weighted by Crippen LogP contribution is -2.49. The molecule has 1 N–H and O–H groups in total. The van der Waals surface area contributed by atoms with Crippen LogP contribution in [0.2, 0.25) is 0 Å². The first-order valence-corrected chi connectivity index (χ1v) is 8.20. The van der Waals surface area contributed by atoms with Crippen molar-refractivity contribution >= 4 is 38.6 Å². The van der Waals surface area contributed by atoms with E-state index in [4.69, 9.17) is 4.98 Å². The maximum atomic E-state index is 11.4. The summed E-state index contributed by atoms with van der Waals surface area (Å²) < 4.78 is 1.02. The Kier molecular flexibility index (Phi) is 4.59. The molecule has 0 unspecified atom stereocenters. The number of nitrogens with zero attached hydrogens (tertiary/aromatic N) is 3. The molecular weight excluding hydrogens is 344 g/mol. The number of anilines is 1. The van der Waals surface area contributed by atoms with Gasteiger partial charge in [0.05, 0.1) is 12.1 Å². The molecule has 22 heavy (non-hydrogen) atoms. The number of fused-ring (bicyclic) bond motifs is 1. The van der Waals surface area contributed by atoms with Crippen molar-refractivity contribution in [3.63, 3.8) is 0 Å². The number of rotatable bonds is 3. The summed E-state index contributed by atoms with van der Waals surface area (Å²) in [6, 6.07) is 10.3. The van der Waals surface area contributed by atoms with Crippen molar-refractivity contribution in [3.05, 3.63) is 34.8 Å². The minimum Gasteiger partial charge on any atom is -0.358 e. The van der Waals surface area contributed by atoms with Crippen LogP contribution in [0.15, 0.2) is 34.8 Å². The Balaban J connectivity index is 1.71. The molecule has 0 radical (unpaired) electrons. The van der Waals surface area contributed by atoms with Crippen molar-refractivity contribution in [1.29, 1.82) is 0 Å². The van der Waals surface area contributed by atoms with Gasteiger partial charge in [-0.25, -0.2) is 4.98 Å². The van der Waals surface area contributed by atoms with Gasteiger partial charge in [-0.15, -0.1) is 0 Å². The fraction of sp³-hybridized carbons (Fsp3) is 0.375. The van der Waals surface area contributed by atoms with Gasteiger partial charge in [0.2, 0.25) is 5.91 Å². The van der Waals surface area contributed by atoms with Crippen molar-refractivity contribution in [1.82, 2.24) is 15.2 Å². The highest BCUT2D eigenvalue weighted by Crippen LogP contribution is 2.25. The molecule has 5 nitrogen and oxygen atoms in total. The normalized spacial score (nSPS) is 16.0. The molecule has 6 heteroatoms. The monoisotopic (exact) mass is 362 g/mol. The molecular formula is C16H19BrN4O. The molecule has 2 heterocycles. The minimum absolute atomic E-state index is 0.0706. The van der Waals surface area contributed by atoms with Crippen LogP contribution in [-0.4, -0.2) is 55.6 Å². The van der Waals surface area contributed by atoms with Crippen LogP contribution in [0.5, 0.6) is 0 Å². The first-order chi connectivity index (χ1) is 10.7. The first-order valence-electron chi connectivity index (χ1n) is 7.40. The van der Waals surface area contributed by atoms with Gasteiger partial charge < -0.3 is 10.2 Å². The number of para-hydroxylation sites is 1. The second-order valence-corrected chi connectivity index (χ2v) is 6.27. The SMILES string of the molecule is CNC(=O)CN1CCN(c2ccc3cccc(Br)c3n2)CC1. The van der Waals surface area contributed by atoms with E-state index in [-0.39, 0.29) is 5.91 Å². The van der Waals surface area contributed by atoms with Crippen molar-refractivity contribution in [3.8, 4) is 0 Å². The van der Waals surface area contributed by atoms with Crippen molar-refractivity contribution in [2.45, 2.75) is 0 Å². The number of likely N-dealkylation sites (N-methyl/N-ethyl adjacent to an activating group) is 1. The molecule has 0 saturated carbocycles. The lowest BCUT2D eigenvalue weighted by molar-refractivity contribution is -0.121. The van der Waals surface area contributed by atoms with Crippen molar-refractivity contribution < 1.29 is 4.79 Å². The van der Waals surface area contributed by atoms with Crippen LogP contribution >= 0.6 is 15.9 Å². The summed E-state index contributed by atoms with van der Waals surface area (Å²) in [5, 5.41) is 3.81. The van der Waals surface area contributed by atoms with Gasteiger partial charge in [-0.1, -0.05) is 12.1 Å². The Morgan fingerprint density at radius 1 is 1.23 bits per heavy atom. The van der Waals surface area contributed by atoms with Crippen molar-refractivity contribution in [2.75, 3.05) is 44.7 Å². The number of benzene rings is 1. The van der Waals surface area contributed by atoms with E-state index in [0.717, 1.165) is 47.4 Å². The van der Waals surface area contributed by atoms with E-state index < -0.39 is 0 Å². The summed E-state index contributed by atoms with van der Waals surface area (Å²) in [5.41, 5.74) is 0.993. The summed E-state index contributed by atoms with van der Waals surface area (Å²) >= 11 is 3.57. The van der Waals surface area contributed by atoms with E-state index in [1.54, 1.807) is 7.05 Å². The van der Waals surface area contributed by atoms with Gasteiger partial charge in [0.1, 0.15) is 5.82 Å². The molecule has 3 rings (SSSR count). The molecule has 1 aromatic heterocycles. The van der Waals surface area contributed by atoms with Gasteiger partial charge in [-0.2, -0.15) is 0 Å². The van der Waals surface area contributed by atoms with Gasteiger partial charge in [0.15, 0.2) is 0 Å². The van der Waals surface area contributed by atoms with E-state index in [1.165, 1.54) is 0 Å². The third-order valence-corrected chi connectivity index (χ3v) is 4.64. The Morgan fingerprint density at radius 3 is 2.73 bits per heavy atom. The number of halogens is 1. The zero-order valence-corrected chi connectivity index (χ0v) is 14.1. The Labute approximate surface area is 138 Å². The Morgan fingerprint density at radius 2 is 2.00 bits per heavy atom. The van der Waals surface area contributed by atoms with Crippen LogP contribution in [0, 0.1) is 0 Å². The largest absolute Gasteiger partial charge is 0.358 e. The van der Waals surface area contributed by atoms with E-state index >= 15 is 0 Å². The fourth-order valence-electron chi connectivity index (χ4n) is 2.69. The van der Waals surface area contributed by atoms with Crippen LogP contribution in [-0.2, 0) is 4.79 Å². The maximum absolute atomic E-state index is 11.4. The predicted octanol–water partition coefficient (Wildman–Crippen LogP) is 1.87. The smallest absolute Gasteiger partial charge is 0.233 e. The number of pyridine rings is 1. The predicted molar refractivity (Wildman–Crippen MR) is 92.2 cm³/mol. The number of piperazine rings is 1. The van der Waals surface area contributed by atoms with Gasteiger partial charge in [0.25, 0.3) is 0 Å². The number of carbonyl (C=O) groups excluding carboxylic acids is 1. The molecule has 1 aliphatic rings. The van der Waals surface area contributed by atoms with Crippen molar-refractivity contribution in [2.24, 2.45) is 0 Å². The van der Waals surface area contributed by atoms with Crippen LogP contribution in [0.25, 0.3) is 10.9 Å². The molecule has 0 bridgehead atoms. The van der Waals surface area contributed by atoms with E-state index in [1.807, 2.05) is 12.1 Å². The van der Waals surface area contributed by atoms with Gasteiger partial charge in [-0.3, -0.25) is 9.69 Å². The molecule has 1 amide bonds. The number of nitrogens with one attached hydrogen (secondary N) is 1. The summed E-state index contributed by atoms with van der Waals surface area (Å²) in [5.74, 6) is 1.07. The molecule has 0 aliphatic carbocycles. The average molecular weight is 363 g/mol. The number of hydrogen-bond donors (Lipinski definition) is 1. The van der Waals surface area contributed by atoms with Crippen LogP contribution in [0.3, 0.4) is 0 Å². The number of carbonyl (C=O) groups is 1. The highest BCUT2D eigenvalue weighted by Gasteiger charge is 2.19. The lowest BCUT2D eigenvalue weighted by atomic mass is 10.2. The quantitative estimate of drug-likeness (QED) is 0.905. The molecule has 0 atom stereocenters. The second-order valence-electron chi connectivity index (χ2n) is 5.42. The summed E-state index contributed by atoms with van der Waals surface area (Å²) in [6.45, 7) is 4.01. The van der Waals surface area contributed by atoms with Crippen LogP contribution in [0.4, 0.5) is 5.82 Å². The third-order valence-electron chi connectivity index (χ3n) is 4.00. The van der Waals surface area contributed by atoms with Crippen LogP contribution in [0.1, 0.15) is 0 Å². The molecule has 116 valence electrons. The lowest BCUT2D eigenvalue weighted by Gasteiger charge is -2.35. The minimum atomic E-state index is 0.0706. The van der Waals surface area contributed by atoms with E-state index in [0.29, 0.717) is 6.54 Å². The summed E-state index contributed by atoms with van der Waals surface area (Å²) in [7, 11) is 1.68. The molecule has 1 aliphatic heterocycles. The standard InChI is InChI=1S/C16H19BrN4O/c1-18-15(22)11-20-7-9-21(10-8-20)14-6-5-12-3-2-4-13(17)16(12)19-14/h2-6H,7-11H2,1H3,(H,18,22). The number of amides is 1. The van der Waals surface area contributed by atoms with Crippen LogP contribution < -0.4 is 10.2 Å². The zero-order chi connectivity index (χ0) is 15.5. The highest BCUT2D eigenvalue weighted by atomic mass is 79.9. The molecule has 1 fully saturated rings. The molecule has 1 aromatic carbocycles. The second kappa shape index (κ2) is 6.62. The summed E-state index contributed by atoms with van der Waals surface area (Å²) in [6.07, 6.45) is 0. The molecule has 0 spiro atoms. The average Bonchev–Trinajstić information content (AvgIpc) is 2.55. The third kappa shape index (κ3) is 3.23. The zero-order valence-electron chi connectivity index (χ0n) is 12.6. The number of hydrogen-bond acceptors (Lipinski definition) is 4. The first kappa shape index (κ1) is 15.2. The van der Waals surface area contributed by atoms with E-state index in [2.05, 4.69) is 49.2 Å². The van der Waals surface area contributed by atoms with E-state index in [9.17, 15) is 4.79 Å². The Bertz CT molecular complexity index is 683. The van der Waals surface area contributed by atoms with Gasteiger partial charge in [-0.05, 0) is 34.1 Å².